The van der Waals surface area contributed by atoms with Gasteiger partial charge in [-0.1, -0.05) is 0 Å². The second-order valence-corrected chi connectivity index (χ2v) is 3.39. The van der Waals surface area contributed by atoms with E-state index in [2.05, 4.69) is 0 Å². The van der Waals surface area contributed by atoms with Crippen LogP contribution in [0.4, 0.5) is 0 Å². The van der Waals surface area contributed by atoms with Crippen molar-refractivity contribution in [1.29, 1.82) is 5.26 Å². The largest absolute Gasteiger partial charge is 0.493 e. The van der Waals surface area contributed by atoms with Crippen LogP contribution in [-0.2, 0) is 0 Å². The minimum atomic E-state index is -0.408. The van der Waals surface area contributed by atoms with Crippen molar-refractivity contribution in [2.24, 2.45) is 5.73 Å². The second-order valence-electron chi connectivity index (χ2n) is 3.39. The van der Waals surface area contributed by atoms with Gasteiger partial charge < -0.3 is 19.9 Å². The Morgan fingerprint density at radius 3 is 2.22 bits per heavy atom. The van der Waals surface area contributed by atoms with Crippen molar-refractivity contribution in [3.8, 4) is 23.3 Å². The van der Waals surface area contributed by atoms with E-state index < -0.39 is 6.04 Å². The lowest BCUT2D eigenvalue weighted by atomic mass is 10.0. The van der Waals surface area contributed by atoms with Crippen LogP contribution in [0.25, 0.3) is 0 Å². The van der Waals surface area contributed by atoms with E-state index in [-0.39, 0.29) is 18.8 Å². The molecule has 5 nitrogen and oxygen atoms in total. The van der Waals surface area contributed by atoms with Gasteiger partial charge in [-0.2, -0.15) is 5.26 Å². The number of hydrogen-bond acceptors (Lipinski definition) is 5. The van der Waals surface area contributed by atoms with Crippen molar-refractivity contribution in [3.05, 3.63) is 17.7 Å². The molecule has 0 spiro atoms. The van der Waals surface area contributed by atoms with Gasteiger partial charge in [0.05, 0.1) is 33.8 Å². The molecule has 0 saturated heterocycles. The summed E-state index contributed by atoms with van der Waals surface area (Å²) in [7, 11) is 4.60. The fourth-order valence-corrected chi connectivity index (χ4v) is 1.62. The number of rotatable bonds is 5. The van der Waals surface area contributed by atoms with Crippen molar-refractivity contribution >= 4 is 12.4 Å². The lowest BCUT2D eigenvalue weighted by molar-refractivity contribution is 0.321. The number of ether oxygens (including phenoxy) is 3. The summed E-state index contributed by atoms with van der Waals surface area (Å²) in [4.78, 5) is 0. The smallest absolute Gasteiger partial charge is 0.203 e. The first kappa shape index (κ1) is 16.4. The van der Waals surface area contributed by atoms with Crippen LogP contribution in [0, 0.1) is 11.3 Å². The highest BCUT2D eigenvalue weighted by atomic mass is 35.5. The van der Waals surface area contributed by atoms with Gasteiger partial charge in [-0.15, -0.1) is 12.4 Å². The molecule has 18 heavy (non-hydrogen) atoms. The van der Waals surface area contributed by atoms with E-state index in [4.69, 9.17) is 25.2 Å². The highest BCUT2D eigenvalue weighted by Gasteiger charge is 2.19. The first-order valence-electron chi connectivity index (χ1n) is 5.11. The number of halogens is 1. The van der Waals surface area contributed by atoms with Crippen molar-refractivity contribution in [2.75, 3.05) is 21.3 Å². The molecule has 1 atom stereocenters. The highest BCUT2D eigenvalue weighted by Crippen LogP contribution is 2.41. The Labute approximate surface area is 113 Å². The molecule has 1 aromatic rings. The molecule has 0 aromatic heterocycles. The Balaban J connectivity index is 0.00000289. The predicted octanol–water partition coefficient (Wildman–Crippen LogP) is 2.05. The van der Waals surface area contributed by atoms with Gasteiger partial charge in [-0.3, -0.25) is 0 Å². The SMILES string of the molecule is COc1ccc([C@H](N)CC#N)c(OC)c1OC.Cl. The van der Waals surface area contributed by atoms with Gasteiger partial charge in [0.1, 0.15) is 0 Å². The molecule has 0 aliphatic carbocycles. The fraction of sp³-hybridized carbons (Fsp3) is 0.417. The van der Waals surface area contributed by atoms with Crippen LogP contribution < -0.4 is 19.9 Å². The molecule has 100 valence electrons. The summed E-state index contributed by atoms with van der Waals surface area (Å²) in [6.07, 6.45) is 0.214. The van der Waals surface area contributed by atoms with Crippen molar-refractivity contribution < 1.29 is 14.2 Å². The summed E-state index contributed by atoms with van der Waals surface area (Å²) < 4.78 is 15.7. The zero-order chi connectivity index (χ0) is 12.8. The van der Waals surface area contributed by atoms with E-state index in [1.807, 2.05) is 6.07 Å². The first-order valence-corrected chi connectivity index (χ1v) is 5.11. The molecule has 0 fully saturated rings. The Hall–Kier alpha value is -1.64. The Bertz CT molecular complexity index is 432. The summed E-state index contributed by atoms with van der Waals surface area (Å²) >= 11 is 0. The van der Waals surface area contributed by atoms with Gasteiger partial charge in [-0.25, -0.2) is 0 Å². The molecule has 2 N–H and O–H groups in total. The van der Waals surface area contributed by atoms with Crippen LogP contribution in [-0.4, -0.2) is 21.3 Å². The van der Waals surface area contributed by atoms with Crippen LogP contribution in [0.3, 0.4) is 0 Å². The molecule has 0 aliphatic heterocycles. The topological polar surface area (TPSA) is 77.5 Å². The number of nitriles is 1. The second kappa shape index (κ2) is 7.64. The molecule has 1 aromatic carbocycles. The molecule has 0 bridgehead atoms. The van der Waals surface area contributed by atoms with E-state index in [9.17, 15) is 0 Å². The maximum atomic E-state index is 8.66. The highest BCUT2D eigenvalue weighted by molar-refractivity contribution is 5.85. The number of hydrogen-bond donors (Lipinski definition) is 1. The van der Waals surface area contributed by atoms with Gasteiger partial charge in [0, 0.05) is 11.6 Å². The van der Waals surface area contributed by atoms with Gasteiger partial charge in [0.25, 0.3) is 0 Å². The fourth-order valence-electron chi connectivity index (χ4n) is 1.62. The zero-order valence-corrected chi connectivity index (χ0v) is 11.4. The third-order valence-corrected chi connectivity index (χ3v) is 2.45. The summed E-state index contributed by atoms with van der Waals surface area (Å²) in [6.45, 7) is 0. The molecule has 6 heteroatoms. The number of nitrogens with zero attached hydrogens (tertiary/aromatic N) is 1. The van der Waals surface area contributed by atoms with E-state index in [0.717, 1.165) is 5.56 Å². The third-order valence-electron chi connectivity index (χ3n) is 2.45. The van der Waals surface area contributed by atoms with Gasteiger partial charge in [0.15, 0.2) is 11.5 Å². The molecular formula is C12H17ClN2O3. The lowest BCUT2D eigenvalue weighted by Crippen LogP contribution is -2.11. The van der Waals surface area contributed by atoms with Gasteiger partial charge in [-0.05, 0) is 12.1 Å². The lowest BCUT2D eigenvalue weighted by Gasteiger charge is -2.18. The monoisotopic (exact) mass is 272 g/mol. The van der Waals surface area contributed by atoms with Crippen molar-refractivity contribution in [3.63, 3.8) is 0 Å². The van der Waals surface area contributed by atoms with Crippen LogP contribution in [0.1, 0.15) is 18.0 Å². The molecule has 1 rings (SSSR count). The summed E-state index contributed by atoms with van der Waals surface area (Å²) in [5.74, 6) is 1.56. The van der Waals surface area contributed by atoms with E-state index >= 15 is 0 Å². The number of nitrogens with two attached hydrogens (primary N) is 1. The van der Waals surface area contributed by atoms with Crippen LogP contribution >= 0.6 is 12.4 Å². The van der Waals surface area contributed by atoms with Gasteiger partial charge in [0.2, 0.25) is 5.75 Å². The maximum absolute atomic E-state index is 8.66. The molecule has 0 unspecified atom stereocenters. The standard InChI is InChI=1S/C12H16N2O3.ClH/c1-15-10-5-4-8(9(14)6-7-13)11(16-2)12(10)17-3;/h4-5,9H,6,14H2,1-3H3;1H/t9-;/m1./s1. The normalized spacial score (nSPS) is 10.8. The molecule has 0 amide bonds. The average Bonchev–Trinajstić information content (AvgIpc) is 2.36. The third kappa shape index (κ3) is 3.19. The van der Waals surface area contributed by atoms with Crippen LogP contribution in [0.5, 0.6) is 17.2 Å². The quantitative estimate of drug-likeness (QED) is 0.888. The van der Waals surface area contributed by atoms with Crippen molar-refractivity contribution in [1.82, 2.24) is 0 Å². The van der Waals surface area contributed by atoms with E-state index in [1.54, 1.807) is 19.2 Å². The van der Waals surface area contributed by atoms with Crippen molar-refractivity contribution in [2.45, 2.75) is 12.5 Å². The Morgan fingerprint density at radius 2 is 1.78 bits per heavy atom. The molecule has 0 radical (unpaired) electrons. The number of benzene rings is 1. The zero-order valence-electron chi connectivity index (χ0n) is 10.6. The molecule has 0 aliphatic rings. The first-order chi connectivity index (χ1) is 8.19. The summed E-state index contributed by atoms with van der Waals surface area (Å²) in [6, 6.07) is 5.15. The summed E-state index contributed by atoms with van der Waals surface area (Å²) in [5, 5.41) is 8.66. The van der Waals surface area contributed by atoms with E-state index in [1.165, 1.54) is 14.2 Å². The molecule has 0 heterocycles. The average molecular weight is 273 g/mol. The summed E-state index contributed by atoms with van der Waals surface area (Å²) in [5.41, 5.74) is 6.63. The molecular weight excluding hydrogens is 256 g/mol. The minimum Gasteiger partial charge on any atom is -0.493 e. The van der Waals surface area contributed by atoms with Gasteiger partial charge >= 0.3 is 0 Å². The Morgan fingerprint density at radius 1 is 1.17 bits per heavy atom. The van der Waals surface area contributed by atoms with Crippen LogP contribution in [0.15, 0.2) is 12.1 Å². The van der Waals surface area contributed by atoms with Crippen LogP contribution in [0.2, 0.25) is 0 Å². The Kier molecular flexibility index (Phi) is 6.94. The minimum absolute atomic E-state index is 0. The molecule has 0 saturated carbocycles. The number of methoxy groups -OCH3 is 3. The van der Waals surface area contributed by atoms with E-state index in [0.29, 0.717) is 17.2 Å². The predicted molar refractivity (Wildman–Crippen MR) is 70.5 cm³/mol. The maximum Gasteiger partial charge on any atom is 0.203 e.